The summed E-state index contributed by atoms with van der Waals surface area (Å²) in [5.74, 6) is 1.06. The molecule has 1 fully saturated rings. The van der Waals surface area contributed by atoms with Gasteiger partial charge in [0.05, 0.1) is 0 Å². The topological polar surface area (TPSA) is 9.23 Å². The van der Waals surface area contributed by atoms with E-state index < -0.39 is 0 Å². The van der Waals surface area contributed by atoms with Gasteiger partial charge in [-0.05, 0) is 36.8 Å². The number of hydrogen-bond donors (Lipinski definition) is 0. The summed E-state index contributed by atoms with van der Waals surface area (Å²) in [7, 11) is 0. The van der Waals surface area contributed by atoms with Gasteiger partial charge in [0, 0.05) is 10.2 Å². The minimum absolute atomic E-state index is 0.113. The lowest BCUT2D eigenvalue weighted by atomic mass is 9.65. The Morgan fingerprint density at radius 1 is 1.35 bits per heavy atom. The molecule has 112 valence electrons. The van der Waals surface area contributed by atoms with Crippen LogP contribution in [0.5, 0.6) is 5.75 Å². The van der Waals surface area contributed by atoms with E-state index in [-0.39, 0.29) is 10.8 Å². The van der Waals surface area contributed by atoms with Crippen LogP contribution in [0, 0.1) is 12.3 Å². The number of benzene rings is 1. The predicted molar refractivity (Wildman–Crippen MR) is 90.0 cm³/mol. The van der Waals surface area contributed by atoms with Gasteiger partial charge in [0.15, 0.2) is 0 Å². The third-order valence-corrected chi connectivity index (χ3v) is 6.27. The van der Waals surface area contributed by atoms with Crippen LogP contribution in [0.2, 0.25) is 0 Å². The Hall–Kier alpha value is -0.500. The standard InChI is InChI=1S/C18H27BrO/c1-7-18(6)15(19)11-16(18)20-14-9-8-12(2)10-13(14)17(3,4)5/h8-10,15-16H,7,11H2,1-6H3. The van der Waals surface area contributed by atoms with Crippen molar-refractivity contribution in [3.63, 3.8) is 0 Å². The van der Waals surface area contributed by atoms with Gasteiger partial charge in [-0.2, -0.15) is 0 Å². The maximum atomic E-state index is 6.41. The van der Waals surface area contributed by atoms with Crippen LogP contribution in [0.3, 0.4) is 0 Å². The average molecular weight is 339 g/mol. The van der Waals surface area contributed by atoms with Crippen LogP contribution in [0.1, 0.15) is 58.6 Å². The SMILES string of the molecule is CCC1(C)C(Br)CC1Oc1ccc(C)cc1C(C)(C)C. The molecule has 0 N–H and O–H groups in total. The molecule has 1 aromatic rings. The van der Waals surface area contributed by atoms with Gasteiger partial charge >= 0.3 is 0 Å². The van der Waals surface area contributed by atoms with E-state index in [2.05, 4.69) is 75.7 Å². The largest absolute Gasteiger partial charge is 0.489 e. The molecule has 0 bridgehead atoms. The van der Waals surface area contributed by atoms with Gasteiger partial charge < -0.3 is 4.74 Å². The van der Waals surface area contributed by atoms with Gasteiger partial charge in [-0.1, -0.05) is 68.2 Å². The molecule has 0 heterocycles. The number of rotatable bonds is 3. The Morgan fingerprint density at radius 2 is 2.00 bits per heavy atom. The maximum Gasteiger partial charge on any atom is 0.123 e. The molecule has 1 saturated carbocycles. The molecule has 0 amide bonds. The van der Waals surface area contributed by atoms with E-state index in [4.69, 9.17) is 4.74 Å². The number of halogens is 1. The molecule has 0 radical (unpaired) electrons. The molecule has 0 spiro atoms. The molecule has 3 unspecified atom stereocenters. The molecule has 0 aliphatic heterocycles. The first kappa shape index (κ1) is 15.9. The van der Waals surface area contributed by atoms with Gasteiger partial charge in [-0.25, -0.2) is 0 Å². The fourth-order valence-corrected chi connectivity index (χ4v) is 3.84. The van der Waals surface area contributed by atoms with E-state index >= 15 is 0 Å². The van der Waals surface area contributed by atoms with Gasteiger partial charge in [0.1, 0.15) is 11.9 Å². The van der Waals surface area contributed by atoms with Crippen molar-refractivity contribution in [2.75, 3.05) is 0 Å². The van der Waals surface area contributed by atoms with Crippen LogP contribution in [0.4, 0.5) is 0 Å². The quantitative estimate of drug-likeness (QED) is 0.649. The van der Waals surface area contributed by atoms with Crippen LogP contribution in [-0.4, -0.2) is 10.9 Å². The zero-order valence-corrected chi connectivity index (χ0v) is 15.2. The lowest BCUT2D eigenvalue weighted by Crippen LogP contribution is -2.54. The van der Waals surface area contributed by atoms with Crippen molar-refractivity contribution in [3.8, 4) is 5.75 Å². The zero-order valence-electron chi connectivity index (χ0n) is 13.6. The average Bonchev–Trinajstić information content (AvgIpc) is 2.37. The van der Waals surface area contributed by atoms with Crippen molar-refractivity contribution in [2.45, 2.75) is 70.7 Å². The fraction of sp³-hybridized carbons (Fsp3) is 0.667. The highest BCUT2D eigenvalue weighted by atomic mass is 79.9. The molecule has 0 saturated heterocycles. The van der Waals surface area contributed by atoms with Gasteiger partial charge in [-0.15, -0.1) is 0 Å². The van der Waals surface area contributed by atoms with E-state index in [0.717, 1.165) is 18.6 Å². The van der Waals surface area contributed by atoms with Crippen LogP contribution < -0.4 is 4.74 Å². The molecule has 1 nitrogen and oxygen atoms in total. The molecular formula is C18H27BrO. The minimum atomic E-state index is 0.113. The summed E-state index contributed by atoms with van der Waals surface area (Å²) in [6.45, 7) is 13.5. The van der Waals surface area contributed by atoms with Crippen molar-refractivity contribution in [1.29, 1.82) is 0 Å². The second kappa shape index (κ2) is 5.36. The van der Waals surface area contributed by atoms with E-state index in [0.29, 0.717) is 10.9 Å². The molecule has 0 aromatic heterocycles. The molecule has 2 rings (SSSR count). The Morgan fingerprint density at radius 3 is 2.50 bits per heavy atom. The predicted octanol–water partition coefficient (Wildman–Crippen LogP) is 5.62. The maximum absolute atomic E-state index is 6.41. The monoisotopic (exact) mass is 338 g/mol. The summed E-state index contributed by atoms with van der Waals surface area (Å²) in [6, 6.07) is 6.56. The molecule has 3 atom stereocenters. The summed E-state index contributed by atoms with van der Waals surface area (Å²) < 4.78 is 6.41. The van der Waals surface area contributed by atoms with E-state index in [1.807, 2.05) is 0 Å². The van der Waals surface area contributed by atoms with Gasteiger partial charge in [-0.3, -0.25) is 0 Å². The van der Waals surface area contributed by atoms with Crippen LogP contribution in [-0.2, 0) is 5.41 Å². The molecule has 1 aliphatic carbocycles. The van der Waals surface area contributed by atoms with Crippen molar-refractivity contribution < 1.29 is 4.74 Å². The van der Waals surface area contributed by atoms with Crippen molar-refractivity contribution in [2.24, 2.45) is 5.41 Å². The summed E-state index contributed by atoms with van der Waals surface area (Å²) in [5.41, 5.74) is 2.98. The van der Waals surface area contributed by atoms with Crippen LogP contribution >= 0.6 is 15.9 Å². The van der Waals surface area contributed by atoms with Crippen molar-refractivity contribution >= 4 is 15.9 Å². The summed E-state index contributed by atoms with van der Waals surface area (Å²) >= 11 is 3.79. The Kier molecular flexibility index (Phi) is 4.26. The second-order valence-electron chi connectivity index (χ2n) is 7.42. The van der Waals surface area contributed by atoms with Crippen molar-refractivity contribution in [1.82, 2.24) is 0 Å². The number of alkyl halides is 1. The summed E-state index contributed by atoms with van der Waals surface area (Å²) in [5, 5.41) is 0. The van der Waals surface area contributed by atoms with Gasteiger partial charge in [0.2, 0.25) is 0 Å². The van der Waals surface area contributed by atoms with Crippen LogP contribution in [0.15, 0.2) is 18.2 Å². The summed E-state index contributed by atoms with van der Waals surface area (Å²) in [6.07, 6.45) is 2.56. The van der Waals surface area contributed by atoms with Crippen LogP contribution in [0.25, 0.3) is 0 Å². The highest BCUT2D eigenvalue weighted by molar-refractivity contribution is 9.09. The highest BCUT2D eigenvalue weighted by Crippen LogP contribution is 2.50. The first-order valence-corrected chi connectivity index (χ1v) is 8.52. The third-order valence-electron chi connectivity index (χ3n) is 4.85. The molecular weight excluding hydrogens is 312 g/mol. The first-order chi connectivity index (χ1) is 9.18. The zero-order chi connectivity index (χ0) is 15.1. The molecule has 1 aromatic carbocycles. The smallest absolute Gasteiger partial charge is 0.123 e. The number of hydrogen-bond acceptors (Lipinski definition) is 1. The second-order valence-corrected chi connectivity index (χ2v) is 8.52. The lowest BCUT2D eigenvalue weighted by molar-refractivity contribution is -0.0253. The highest BCUT2D eigenvalue weighted by Gasteiger charge is 2.51. The Bertz CT molecular complexity index is 489. The lowest BCUT2D eigenvalue weighted by Gasteiger charge is -2.51. The first-order valence-electron chi connectivity index (χ1n) is 7.60. The minimum Gasteiger partial charge on any atom is -0.489 e. The molecule has 2 heteroatoms. The molecule has 1 aliphatic rings. The Balaban J connectivity index is 2.27. The third kappa shape index (κ3) is 2.77. The van der Waals surface area contributed by atoms with E-state index in [9.17, 15) is 0 Å². The van der Waals surface area contributed by atoms with E-state index in [1.54, 1.807) is 0 Å². The number of aryl methyl sites for hydroxylation is 1. The van der Waals surface area contributed by atoms with Crippen molar-refractivity contribution in [3.05, 3.63) is 29.3 Å². The fourth-order valence-electron chi connectivity index (χ4n) is 2.89. The van der Waals surface area contributed by atoms with Gasteiger partial charge in [0.25, 0.3) is 0 Å². The molecule has 20 heavy (non-hydrogen) atoms. The summed E-state index contributed by atoms with van der Waals surface area (Å²) in [4.78, 5) is 0.577. The number of ether oxygens (including phenoxy) is 1. The van der Waals surface area contributed by atoms with E-state index in [1.165, 1.54) is 11.1 Å². The normalized spacial score (nSPS) is 29.9. The Labute approximate surface area is 132 Å².